The van der Waals surface area contributed by atoms with Crippen molar-refractivity contribution >= 4 is 11.7 Å². The maximum Gasteiger partial charge on any atom is 0.293 e. The van der Waals surface area contributed by atoms with Crippen molar-refractivity contribution in [2.45, 2.75) is 20.4 Å². The van der Waals surface area contributed by atoms with Crippen LogP contribution in [0.5, 0.6) is 0 Å². The van der Waals surface area contributed by atoms with E-state index in [0.29, 0.717) is 54.8 Å². The summed E-state index contributed by atoms with van der Waals surface area (Å²) in [5.41, 5.74) is 4.59. The van der Waals surface area contributed by atoms with Gasteiger partial charge >= 0.3 is 0 Å². The summed E-state index contributed by atoms with van der Waals surface area (Å²) in [6.45, 7) is 6.16. The average molecular weight is 425 g/mol. The minimum atomic E-state index is -0.595. The molecule has 162 valence electrons. The highest BCUT2D eigenvalue weighted by molar-refractivity contribution is 5.93. The van der Waals surface area contributed by atoms with Gasteiger partial charge in [0, 0.05) is 24.8 Å². The number of rotatable bonds is 5. The molecule has 1 aliphatic heterocycles. The van der Waals surface area contributed by atoms with Gasteiger partial charge in [0.15, 0.2) is 5.82 Å². The molecule has 4 rings (SSSR count). The van der Waals surface area contributed by atoms with Crippen LogP contribution in [0.1, 0.15) is 27.4 Å². The molecule has 0 unspecified atom stereocenters. The second-order valence-corrected chi connectivity index (χ2v) is 7.32. The van der Waals surface area contributed by atoms with Crippen LogP contribution < -0.4 is 15.9 Å². The Balaban J connectivity index is 1.76. The molecular formula is C21H23N5O5. The first-order valence-corrected chi connectivity index (χ1v) is 9.88. The molecular weight excluding hydrogens is 402 g/mol. The minimum Gasteiger partial charge on any atom is -0.378 e. The third-order valence-corrected chi connectivity index (χ3v) is 5.23. The van der Waals surface area contributed by atoms with Gasteiger partial charge in [-0.3, -0.25) is 14.8 Å². The first kappa shape index (κ1) is 20.8. The largest absolute Gasteiger partial charge is 0.378 e. The Morgan fingerprint density at radius 3 is 2.52 bits per heavy atom. The van der Waals surface area contributed by atoms with Crippen LogP contribution >= 0.6 is 0 Å². The average Bonchev–Trinajstić information content (AvgIpc) is 3.13. The molecule has 1 amide bonds. The summed E-state index contributed by atoms with van der Waals surface area (Å²) in [4.78, 5) is 31.4. The van der Waals surface area contributed by atoms with Crippen molar-refractivity contribution in [3.8, 4) is 11.3 Å². The van der Waals surface area contributed by atoms with Crippen molar-refractivity contribution in [3.05, 3.63) is 63.4 Å². The molecule has 1 fully saturated rings. The monoisotopic (exact) mass is 425 g/mol. The van der Waals surface area contributed by atoms with Crippen LogP contribution in [0.4, 0.5) is 5.82 Å². The summed E-state index contributed by atoms with van der Waals surface area (Å²) in [5.74, 6) is 0.391. The number of aryl methyl sites for hydroxylation is 2. The molecule has 0 radical (unpaired) electrons. The van der Waals surface area contributed by atoms with Crippen LogP contribution in [-0.2, 0) is 11.3 Å². The van der Waals surface area contributed by atoms with E-state index in [0.717, 1.165) is 11.1 Å². The number of benzene rings is 1. The van der Waals surface area contributed by atoms with Gasteiger partial charge < -0.3 is 18.7 Å². The fourth-order valence-electron chi connectivity index (χ4n) is 3.62. The van der Waals surface area contributed by atoms with Gasteiger partial charge in [-0.1, -0.05) is 17.3 Å². The highest BCUT2D eigenvalue weighted by Gasteiger charge is 2.22. The minimum absolute atomic E-state index is 0.213. The number of nitrogens with one attached hydrogen (secondary N) is 1. The fourth-order valence-corrected chi connectivity index (χ4v) is 3.62. The van der Waals surface area contributed by atoms with E-state index in [-0.39, 0.29) is 12.1 Å². The SMILES string of the molecule is Cc1noc(C)c1-c1cn(Cc2ccc(C(=O)NO)cc2)c(=O)c(N2CCOCC2)n1. The number of anilines is 1. The number of hydrogen-bond acceptors (Lipinski definition) is 8. The normalized spacial score (nSPS) is 14.0. The lowest BCUT2D eigenvalue weighted by molar-refractivity contribution is 0.0706. The number of amides is 1. The zero-order valence-electron chi connectivity index (χ0n) is 17.3. The molecule has 3 aromatic rings. The summed E-state index contributed by atoms with van der Waals surface area (Å²) in [6, 6.07) is 6.65. The maximum absolute atomic E-state index is 13.3. The molecule has 1 aromatic carbocycles. The van der Waals surface area contributed by atoms with E-state index in [1.807, 2.05) is 18.7 Å². The number of aromatic nitrogens is 3. The Bertz CT molecular complexity index is 1130. The van der Waals surface area contributed by atoms with Crippen molar-refractivity contribution in [1.82, 2.24) is 20.2 Å². The molecule has 0 spiro atoms. The van der Waals surface area contributed by atoms with Crippen LogP contribution in [0.25, 0.3) is 11.3 Å². The molecule has 1 aliphatic rings. The lowest BCUT2D eigenvalue weighted by atomic mass is 10.1. The van der Waals surface area contributed by atoms with Gasteiger partial charge in [0.2, 0.25) is 0 Å². The third kappa shape index (κ3) is 4.21. The first-order chi connectivity index (χ1) is 15.0. The summed E-state index contributed by atoms with van der Waals surface area (Å²) in [7, 11) is 0. The maximum atomic E-state index is 13.3. The predicted molar refractivity (Wildman–Crippen MR) is 111 cm³/mol. The second-order valence-electron chi connectivity index (χ2n) is 7.32. The van der Waals surface area contributed by atoms with Crippen LogP contribution in [0.2, 0.25) is 0 Å². The van der Waals surface area contributed by atoms with Gasteiger partial charge in [-0.2, -0.15) is 0 Å². The molecule has 1 saturated heterocycles. The smallest absolute Gasteiger partial charge is 0.293 e. The van der Waals surface area contributed by atoms with Gasteiger partial charge in [0.05, 0.1) is 36.7 Å². The van der Waals surface area contributed by atoms with Crippen LogP contribution in [0.15, 0.2) is 39.8 Å². The third-order valence-electron chi connectivity index (χ3n) is 5.23. The molecule has 0 atom stereocenters. The molecule has 10 heteroatoms. The Morgan fingerprint density at radius 1 is 1.19 bits per heavy atom. The van der Waals surface area contributed by atoms with Gasteiger partial charge in [-0.05, 0) is 31.5 Å². The Morgan fingerprint density at radius 2 is 1.90 bits per heavy atom. The van der Waals surface area contributed by atoms with E-state index >= 15 is 0 Å². The molecule has 10 nitrogen and oxygen atoms in total. The van der Waals surface area contributed by atoms with Crippen molar-refractivity contribution < 1.29 is 19.3 Å². The molecule has 0 bridgehead atoms. The quantitative estimate of drug-likeness (QED) is 0.466. The standard InChI is InChI=1S/C21H23N5O5/c1-13-18(14(2)31-24-13)17-12-26(11-15-3-5-16(6-4-15)20(27)23-29)21(28)19(22-17)25-7-9-30-10-8-25/h3-6,12,29H,7-11H2,1-2H3,(H,23,27). The number of ether oxygens (including phenoxy) is 1. The first-order valence-electron chi connectivity index (χ1n) is 9.88. The summed E-state index contributed by atoms with van der Waals surface area (Å²) in [5, 5.41) is 12.8. The number of carbonyl (C=O) groups is 1. The number of morpholine rings is 1. The van der Waals surface area contributed by atoms with E-state index < -0.39 is 5.91 Å². The summed E-state index contributed by atoms with van der Waals surface area (Å²) in [6.07, 6.45) is 1.70. The molecule has 0 aliphatic carbocycles. The molecule has 2 N–H and O–H groups in total. The van der Waals surface area contributed by atoms with Crippen molar-refractivity contribution in [2.75, 3.05) is 31.2 Å². The van der Waals surface area contributed by atoms with Gasteiger partial charge in [0.1, 0.15) is 5.76 Å². The Kier molecular flexibility index (Phi) is 5.83. The number of carbonyl (C=O) groups excluding carboxylic acids is 1. The van der Waals surface area contributed by atoms with E-state index in [1.54, 1.807) is 40.5 Å². The van der Waals surface area contributed by atoms with Crippen molar-refractivity contribution in [2.24, 2.45) is 0 Å². The Hall–Kier alpha value is -3.50. The lowest BCUT2D eigenvalue weighted by Crippen LogP contribution is -2.41. The zero-order chi connectivity index (χ0) is 22.0. The second kappa shape index (κ2) is 8.70. The lowest BCUT2D eigenvalue weighted by Gasteiger charge is -2.28. The van der Waals surface area contributed by atoms with E-state index in [9.17, 15) is 9.59 Å². The molecule has 2 aromatic heterocycles. The van der Waals surface area contributed by atoms with Gasteiger partial charge in [0.25, 0.3) is 11.5 Å². The molecule has 3 heterocycles. The van der Waals surface area contributed by atoms with Crippen LogP contribution in [0, 0.1) is 13.8 Å². The summed E-state index contributed by atoms with van der Waals surface area (Å²) >= 11 is 0. The van der Waals surface area contributed by atoms with Crippen LogP contribution in [0.3, 0.4) is 0 Å². The molecule has 0 saturated carbocycles. The predicted octanol–water partition coefficient (Wildman–Crippen LogP) is 1.52. The molecule has 31 heavy (non-hydrogen) atoms. The highest BCUT2D eigenvalue weighted by Crippen LogP contribution is 2.26. The van der Waals surface area contributed by atoms with Crippen molar-refractivity contribution in [1.29, 1.82) is 0 Å². The zero-order valence-corrected chi connectivity index (χ0v) is 17.3. The number of hydroxylamine groups is 1. The van der Waals surface area contributed by atoms with E-state index in [1.165, 1.54) is 0 Å². The number of hydrogen-bond donors (Lipinski definition) is 2. The highest BCUT2D eigenvalue weighted by atomic mass is 16.5. The topological polar surface area (TPSA) is 123 Å². The van der Waals surface area contributed by atoms with Crippen molar-refractivity contribution in [3.63, 3.8) is 0 Å². The fraction of sp³-hybridized carbons (Fsp3) is 0.333. The van der Waals surface area contributed by atoms with Crippen LogP contribution in [-0.4, -0.2) is 52.1 Å². The number of nitrogens with zero attached hydrogens (tertiary/aromatic N) is 4. The van der Waals surface area contributed by atoms with Gasteiger partial charge in [-0.25, -0.2) is 10.5 Å². The Labute approximate surface area is 178 Å². The summed E-state index contributed by atoms with van der Waals surface area (Å²) < 4.78 is 12.3. The van der Waals surface area contributed by atoms with Gasteiger partial charge in [-0.15, -0.1) is 0 Å². The van der Waals surface area contributed by atoms with E-state index in [2.05, 4.69) is 10.1 Å². The van der Waals surface area contributed by atoms with E-state index in [4.69, 9.17) is 14.5 Å².